The van der Waals surface area contributed by atoms with Crippen LogP contribution in [0.4, 0.5) is 10.2 Å². The van der Waals surface area contributed by atoms with Crippen molar-refractivity contribution in [3.8, 4) is 17.5 Å². The maximum absolute atomic E-state index is 13.3. The largest absolute Gasteiger partial charge is 0.411 e. The molecule has 0 aliphatic carbocycles. The quantitative estimate of drug-likeness (QED) is 0.407. The molecule has 1 amide bonds. The molecule has 0 saturated heterocycles. The van der Waals surface area contributed by atoms with Gasteiger partial charge in [-0.3, -0.25) is 9.78 Å². The lowest BCUT2D eigenvalue weighted by molar-refractivity contribution is -0.113. The molecule has 0 aliphatic rings. The first-order chi connectivity index (χ1) is 16.0. The minimum atomic E-state index is -0.324. The van der Waals surface area contributed by atoms with Gasteiger partial charge in [-0.25, -0.2) is 4.39 Å². The number of rotatable bonds is 7. The molecule has 0 saturated carbocycles. The highest BCUT2D eigenvalue weighted by molar-refractivity contribution is 7.99. The molecule has 10 heteroatoms. The fraction of sp³-hybridized carbons (Fsp3) is 0.174. The Morgan fingerprint density at radius 3 is 2.73 bits per heavy atom. The molecule has 0 atom stereocenters. The molecule has 0 unspecified atom stereocenters. The highest BCUT2D eigenvalue weighted by Crippen LogP contribution is 2.28. The number of aromatic nitrogens is 4. The molecule has 0 bridgehead atoms. The predicted molar refractivity (Wildman–Crippen MR) is 121 cm³/mol. The number of nitrogens with zero attached hydrogens (tertiary/aromatic N) is 5. The lowest BCUT2D eigenvalue weighted by atomic mass is 10.2. The van der Waals surface area contributed by atoms with Crippen LogP contribution in [0.3, 0.4) is 0 Å². The van der Waals surface area contributed by atoms with Crippen molar-refractivity contribution < 1.29 is 13.6 Å². The molecular weight excluding hydrogens is 443 g/mol. The van der Waals surface area contributed by atoms with E-state index in [1.54, 1.807) is 36.7 Å². The van der Waals surface area contributed by atoms with Crippen molar-refractivity contribution >= 4 is 23.5 Å². The van der Waals surface area contributed by atoms with Crippen LogP contribution in [0.5, 0.6) is 0 Å². The molecule has 1 aromatic carbocycles. The summed E-state index contributed by atoms with van der Waals surface area (Å²) in [4.78, 5) is 16.7. The second-order valence-electron chi connectivity index (χ2n) is 7.21. The highest BCUT2D eigenvalue weighted by atomic mass is 32.2. The van der Waals surface area contributed by atoms with Gasteiger partial charge in [0.15, 0.2) is 0 Å². The number of carbonyl (C=O) groups excluding carboxylic acids is 1. The molecule has 166 valence electrons. The smallest absolute Gasteiger partial charge is 0.277 e. The van der Waals surface area contributed by atoms with Crippen LogP contribution in [0, 0.1) is 31.0 Å². The molecule has 4 rings (SSSR count). The molecule has 0 radical (unpaired) electrons. The normalized spacial score (nSPS) is 10.7. The molecule has 0 spiro atoms. The van der Waals surface area contributed by atoms with Crippen molar-refractivity contribution in [1.29, 1.82) is 5.26 Å². The van der Waals surface area contributed by atoms with Crippen molar-refractivity contribution in [2.24, 2.45) is 0 Å². The summed E-state index contributed by atoms with van der Waals surface area (Å²) < 4.78 is 20.7. The van der Waals surface area contributed by atoms with Gasteiger partial charge in [-0.15, -0.1) is 10.2 Å². The lowest BCUT2D eigenvalue weighted by Crippen LogP contribution is -2.18. The van der Waals surface area contributed by atoms with Gasteiger partial charge in [0.1, 0.15) is 17.7 Å². The van der Waals surface area contributed by atoms with Crippen LogP contribution in [0.15, 0.2) is 58.4 Å². The van der Waals surface area contributed by atoms with Gasteiger partial charge in [0.05, 0.1) is 16.9 Å². The van der Waals surface area contributed by atoms with Crippen LogP contribution < -0.4 is 5.32 Å². The minimum absolute atomic E-state index is 0.0133. The first-order valence-corrected chi connectivity index (χ1v) is 11.0. The molecular formula is C23H19FN6O2S. The maximum atomic E-state index is 13.3. The number of halogens is 1. The topological polar surface area (TPSA) is 110 Å². The summed E-state index contributed by atoms with van der Waals surface area (Å²) in [7, 11) is 0. The average molecular weight is 463 g/mol. The Bertz CT molecular complexity index is 1330. The number of hydrogen-bond acceptors (Lipinski definition) is 7. The second-order valence-corrected chi connectivity index (χ2v) is 8.14. The molecule has 33 heavy (non-hydrogen) atoms. The number of hydrogen-bond donors (Lipinski definition) is 1. The molecule has 0 aliphatic heterocycles. The van der Waals surface area contributed by atoms with Crippen LogP contribution in [0.1, 0.15) is 22.4 Å². The zero-order valence-corrected chi connectivity index (χ0v) is 18.7. The summed E-state index contributed by atoms with van der Waals surface area (Å²) >= 11 is 1.09. The van der Waals surface area contributed by atoms with Crippen LogP contribution >= 0.6 is 11.8 Å². The van der Waals surface area contributed by atoms with E-state index < -0.39 is 0 Å². The van der Waals surface area contributed by atoms with Gasteiger partial charge in [0.2, 0.25) is 11.8 Å². The van der Waals surface area contributed by atoms with Crippen LogP contribution in [0.25, 0.3) is 11.5 Å². The fourth-order valence-corrected chi connectivity index (χ4v) is 3.83. The van der Waals surface area contributed by atoms with E-state index in [4.69, 9.17) is 4.42 Å². The number of thioether (sulfide) groups is 1. The van der Waals surface area contributed by atoms with Crippen molar-refractivity contribution in [2.45, 2.75) is 25.6 Å². The standard InChI is InChI=1S/C23H19FN6O2S/c1-14-15(2)30(12-16-5-7-18(24)8-6-16)21(19(14)10-25)27-20(31)13-33-23-29-28-22(32-23)17-4-3-9-26-11-17/h3-9,11H,12-13H2,1-2H3,(H,27,31). The molecule has 0 fully saturated rings. The summed E-state index contributed by atoms with van der Waals surface area (Å²) in [5.74, 6) is 0.0890. The zero-order chi connectivity index (χ0) is 23.4. The maximum Gasteiger partial charge on any atom is 0.277 e. The number of pyridine rings is 1. The molecule has 4 aromatic rings. The lowest BCUT2D eigenvalue weighted by Gasteiger charge is -2.13. The van der Waals surface area contributed by atoms with Gasteiger partial charge in [-0.2, -0.15) is 5.26 Å². The van der Waals surface area contributed by atoms with Gasteiger partial charge in [0, 0.05) is 24.6 Å². The highest BCUT2D eigenvalue weighted by Gasteiger charge is 2.20. The van der Waals surface area contributed by atoms with E-state index >= 15 is 0 Å². The van der Waals surface area contributed by atoms with Gasteiger partial charge in [0.25, 0.3) is 5.22 Å². The summed E-state index contributed by atoms with van der Waals surface area (Å²) in [5.41, 5.74) is 3.55. The first kappa shape index (κ1) is 22.2. The summed E-state index contributed by atoms with van der Waals surface area (Å²) in [6, 6.07) is 11.8. The molecule has 3 heterocycles. The van der Waals surface area contributed by atoms with Gasteiger partial charge in [-0.1, -0.05) is 23.9 Å². The van der Waals surface area contributed by atoms with E-state index in [0.29, 0.717) is 29.4 Å². The second kappa shape index (κ2) is 9.67. The van der Waals surface area contributed by atoms with E-state index in [2.05, 4.69) is 26.6 Å². The fourth-order valence-electron chi connectivity index (χ4n) is 3.27. The average Bonchev–Trinajstić information content (AvgIpc) is 3.39. The van der Waals surface area contributed by atoms with E-state index in [1.807, 2.05) is 18.4 Å². The van der Waals surface area contributed by atoms with Crippen molar-refractivity contribution in [3.05, 3.63) is 77.0 Å². The van der Waals surface area contributed by atoms with Gasteiger partial charge in [-0.05, 0) is 49.2 Å². The van der Waals surface area contributed by atoms with Crippen molar-refractivity contribution in [2.75, 3.05) is 11.1 Å². The molecule has 1 N–H and O–H groups in total. The minimum Gasteiger partial charge on any atom is -0.411 e. The third-order valence-electron chi connectivity index (χ3n) is 5.09. The molecule has 3 aromatic heterocycles. The third-order valence-corrected chi connectivity index (χ3v) is 5.91. The van der Waals surface area contributed by atoms with E-state index in [9.17, 15) is 14.4 Å². The number of amides is 1. The summed E-state index contributed by atoms with van der Waals surface area (Å²) in [6.07, 6.45) is 3.25. The monoisotopic (exact) mass is 462 g/mol. The van der Waals surface area contributed by atoms with Crippen LogP contribution in [0.2, 0.25) is 0 Å². The Morgan fingerprint density at radius 2 is 2.03 bits per heavy atom. The van der Waals surface area contributed by atoms with Crippen LogP contribution in [-0.4, -0.2) is 31.4 Å². The van der Waals surface area contributed by atoms with Crippen molar-refractivity contribution in [1.82, 2.24) is 19.7 Å². The third kappa shape index (κ3) is 4.94. The van der Waals surface area contributed by atoms with E-state index in [1.165, 1.54) is 12.1 Å². The van der Waals surface area contributed by atoms with E-state index in [-0.39, 0.29) is 22.7 Å². The summed E-state index contributed by atoms with van der Waals surface area (Å²) in [5, 5.41) is 20.7. The summed E-state index contributed by atoms with van der Waals surface area (Å²) in [6.45, 7) is 4.09. The first-order valence-electron chi connectivity index (χ1n) is 9.97. The Kier molecular flexibility index (Phi) is 6.51. The van der Waals surface area contributed by atoms with Crippen LogP contribution in [-0.2, 0) is 11.3 Å². The van der Waals surface area contributed by atoms with Gasteiger partial charge < -0.3 is 14.3 Å². The Balaban J connectivity index is 1.48. The number of nitrogens with one attached hydrogen (secondary N) is 1. The van der Waals surface area contributed by atoms with E-state index in [0.717, 1.165) is 28.6 Å². The zero-order valence-electron chi connectivity index (χ0n) is 17.9. The number of benzene rings is 1. The predicted octanol–water partition coefficient (Wildman–Crippen LogP) is 4.34. The Hall–Kier alpha value is -3.97. The van der Waals surface area contributed by atoms with Gasteiger partial charge >= 0.3 is 0 Å². The Labute approximate surface area is 193 Å². The Morgan fingerprint density at radius 1 is 1.24 bits per heavy atom. The number of nitriles is 1. The SMILES string of the molecule is Cc1c(C#N)c(NC(=O)CSc2nnc(-c3cccnc3)o2)n(Cc2ccc(F)cc2)c1C. The molecule has 8 nitrogen and oxygen atoms in total. The number of anilines is 1. The van der Waals surface area contributed by atoms with Crippen molar-refractivity contribution in [3.63, 3.8) is 0 Å². The number of carbonyl (C=O) groups is 1.